The molecule has 2 aromatic heterocycles. The zero-order chi connectivity index (χ0) is 19.5. The molecule has 1 aliphatic heterocycles. The number of fused-ring (bicyclic) bond motifs is 1. The van der Waals surface area contributed by atoms with Gasteiger partial charge >= 0.3 is 0 Å². The third-order valence-corrected chi connectivity index (χ3v) is 5.26. The number of nitrogens with zero attached hydrogens (tertiary/aromatic N) is 4. The summed E-state index contributed by atoms with van der Waals surface area (Å²) in [5, 5.41) is 11.1. The van der Waals surface area contributed by atoms with Crippen LogP contribution in [-0.2, 0) is 31.1 Å². The molecule has 7 heteroatoms. The number of hydrogen-bond acceptors (Lipinski definition) is 4. The van der Waals surface area contributed by atoms with E-state index in [1.54, 1.807) is 6.07 Å². The van der Waals surface area contributed by atoms with Crippen molar-refractivity contribution in [3.8, 4) is 11.3 Å². The Balaban J connectivity index is 1.45. The number of benzene rings is 1. The molecule has 1 N–H and O–H groups in total. The Kier molecular flexibility index (Phi) is 5.06. The summed E-state index contributed by atoms with van der Waals surface area (Å²) < 4.78 is 1.95. The summed E-state index contributed by atoms with van der Waals surface area (Å²) in [4.78, 5) is 25.7. The van der Waals surface area contributed by atoms with Crippen LogP contribution in [0.1, 0.15) is 23.4 Å². The number of carbonyl (C=O) groups is 1. The lowest BCUT2D eigenvalue weighted by Crippen LogP contribution is -2.33. The minimum absolute atomic E-state index is 0.120. The van der Waals surface area contributed by atoms with E-state index in [1.165, 1.54) is 17.3 Å². The summed E-state index contributed by atoms with van der Waals surface area (Å²) in [5.74, 6) is 0.120. The first kappa shape index (κ1) is 18.2. The molecule has 0 aliphatic carbocycles. The summed E-state index contributed by atoms with van der Waals surface area (Å²) in [6.45, 7) is 1.38. The van der Waals surface area contributed by atoms with E-state index >= 15 is 0 Å². The summed E-state index contributed by atoms with van der Waals surface area (Å²) in [7, 11) is 1.98. The number of aromatic nitrogens is 4. The molecule has 4 rings (SSSR count). The molecule has 7 nitrogen and oxygen atoms in total. The standard InChI is InChI=1S/C21H23N5O2/c1-25-18-12-14-26(20(28)10-8-16-7-9-19(27)23-22-16)13-11-17(18)21(24-25)15-5-3-2-4-6-15/h2-7,9H,8,10-14H2,1H3,(H,23,27). The van der Waals surface area contributed by atoms with Crippen molar-refractivity contribution in [1.29, 1.82) is 0 Å². The van der Waals surface area contributed by atoms with Crippen LogP contribution in [0.15, 0.2) is 47.3 Å². The number of carbonyl (C=O) groups excluding carboxylic acids is 1. The van der Waals surface area contributed by atoms with E-state index in [-0.39, 0.29) is 11.5 Å². The van der Waals surface area contributed by atoms with Crippen LogP contribution in [0.25, 0.3) is 11.3 Å². The Labute approximate surface area is 163 Å². The van der Waals surface area contributed by atoms with Crippen molar-refractivity contribution in [2.45, 2.75) is 25.7 Å². The zero-order valence-electron chi connectivity index (χ0n) is 15.9. The third-order valence-electron chi connectivity index (χ3n) is 5.26. The molecule has 0 saturated heterocycles. The minimum Gasteiger partial charge on any atom is -0.342 e. The lowest BCUT2D eigenvalue weighted by molar-refractivity contribution is -0.131. The average molecular weight is 377 g/mol. The van der Waals surface area contributed by atoms with Gasteiger partial charge in [0.25, 0.3) is 5.56 Å². The van der Waals surface area contributed by atoms with Crippen LogP contribution >= 0.6 is 0 Å². The van der Waals surface area contributed by atoms with Gasteiger partial charge in [-0.15, -0.1) is 0 Å². The van der Waals surface area contributed by atoms with Crippen molar-refractivity contribution < 1.29 is 4.79 Å². The normalized spacial score (nSPS) is 13.8. The van der Waals surface area contributed by atoms with Gasteiger partial charge in [-0.3, -0.25) is 14.3 Å². The second-order valence-corrected chi connectivity index (χ2v) is 7.06. The van der Waals surface area contributed by atoms with Gasteiger partial charge in [0.05, 0.1) is 11.4 Å². The average Bonchev–Trinajstić information content (AvgIpc) is 2.89. The Morgan fingerprint density at radius 1 is 1.11 bits per heavy atom. The highest BCUT2D eigenvalue weighted by Crippen LogP contribution is 2.28. The topological polar surface area (TPSA) is 83.9 Å². The van der Waals surface area contributed by atoms with E-state index in [4.69, 9.17) is 5.10 Å². The molecule has 0 radical (unpaired) electrons. The predicted molar refractivity (Wildman–Crippen MR) is 106 cm³/mol. The number of aromatic amines is 1. The predicted octanol–water partition coefficient (Wildman–Crippen LogP) is 1.73. The maximum Gasteiger partial charge on any atom is 0.264 e. The van der Waals surface area contributed by atoms with Gasteiger partial charge in [-0.25, -0.2) is 5.10 Å². The summed E-state index contributed by atoms with van der Waals surface area (Å²) in [6.07, 6.45) is 2.51. The SMILES string of the molecule is Cn1nc(-c2ccccc2)c2c1CCN(C(=O)CCc1ccc(=O)[nH]n1)CC2. The Morgan fingerprint density at radius 2 is 1.89 bits per heavy atom. The molecule has 0 atom stereocenters. The molecule has 1 aliphatic rings. The van der Waals surface area contributed by atoms with E-state index < -0.39 is 0 Å². The maximum absolute atomic E-state index is 12.7. The van der Waals surface area contributed by atoms with Gasteiger partial charge < -0.3 is 4.90 Å². The summed E-state index contributed by atoms with van der Waals surface area (Å²) >= 11 is 0. The van der Waals surface area contributed by atoms with E-state index in [0.29, 0.717) is 25.9 Å². The van der Waals surface area contributed by atoms with Gasteiger partial charge in [-0.05, 0) is 12.5 Å². The lowest BCUT2D eigenvalue weighted by atomic mass is 10.0. The van der Waals surface area contributed by atoms with Crippen molar-refractivity contribution in [2.75, 3.05) is 13.1 Å². The largest absolute Gasteiger partial charge is 0.342 e. The van der Waals surface area contributed by atoms with Crippen LogP contribution in [-0.4, -0.2) is 43.9 Å². The number of rotatable bonds is 4. The van der Waals surface area contributed by atoms with Crippen molar-refractivity contribution in [1.82, 2.24) is 24.9 Å². The minimum atomic E-state index is -0.233. The number of hydrogen-bond donors (Lipinski definition) is 1. The van der Waals surface area contributed by atoms with Gasteiger partial charge in [0, 0.05) is 62.3 Å². The van der Waals surface area contributed by atoms with Crippen LogP contribution in [0.3, 0.4) is 0 Å². The monoisotopic (exact) mass is 377 g/mol. The molecule has 0 fully saturated rings. The Morgan fingerprint density at radius 3 is 2.64 bits per heavy atom. The first-order valence-corrected chi connectivity index (χ1v) is 9.54. The van der Waals surface area contributed by atoms with E-state index in [0.717, 1.165) is 29.8 Å². The van der Waals surface area contributed by atoms with Gasteiger partial charge in [-0.2, -0.15) is 10.2 Å². The molecule has 0 bridgehead atoms. The van der Waals surface area contributed by atoms with E-state index in [9.17, 15) is 9.59 Å². The van der Waals surface area contributed by atoms with Gasteiger partial charge in [-0.1, -0.05) is 30.3 Å². The van der Waals surface area contributed by atoms with Crippen LogP contribution in [0.4, 0.5) is 0 Å². The highest BCUT2D eigenvalue weighted by Gasteiger charge is 2.24. The molecule has 1 amide bonds. The Hall–Kier alpha value is -3.22. The maximum atomic E-state index is 12.7. The van der Waals surface area contributed by atoms with Crippen LogP contribution in [0.2, 0.25) is 0 Å². The number of H-pyrrole nitrogens is 1. The smallest absolute Gasteiger partial charge is 0.264 e. The molecule has 0 spiro atoms. The van der Waals surface area contributed by atoms with Crippen molar-refractivity contribution >= 4 is 5.91 Å². The molecule has 144 valence electrons. The van der Waals surface area contributed by atoms with Gasteiger partial charge in [0.1, 0.15) is 0 Å². The zero-order valence-corrected chi connectivity index (χ0v) is 15.9. The van der Waals surface area contributed by atoms with Gasteiger partial charge in [0.15, 0.2) is 0 Å². The molecule has 0 saturated carbocycles. The molecule has 3 aromatic rings. The molecular formula is C21H23N5O2. The molecule has 28 heavy (non-hydrogen) atoms. The fraction of sp³-hybridized carbons (Fsp3) is 0.333. The van der Waals surface area contributed by atoms with E-state index in [1.807, 2.05) is 34.8 Å². The van der Waals surface area contributed by atoms with Crippen molar-refractivity contribution in [3.05, 3.63) is 69.8 Å². The molecule has 1 aromatic carbocycles. The van der Waals surface area contributed by atoms with Gasteiger partial charge in [0.2, 0.25) is 5.91 Å². The molecule has 3 heterocycles. The molecule has 0 unspecified atom stereocenters. The second kappa shape index (κ2) is 7.80. The van der Waals surface area contributed by atoms with Crippen molar-refractivity contribution in [2.24, 2.45) is 7.05 Å². The quantitative estimate of drug-likeness (QED) is 0.751. The second-order valence-electron chi connectivity index (χ2n) is 7.06. The van der Waals surface area contributed by atoms with Crippen LogP contribution in [0.5, 0.6) is 0 Å². The number of amides is 1. The number of aryl methyl sites for hydroxylation is 2. The lowest BCUT2D eigenvalue weighted by Gasteiger charge is -2.20. The van der Waals surface area contributed by atoms with E-state index in [2.05, 4.69) is 22.3 Å². The van der Waals surface area contributed by atoms with Crippen LogP contribution < -0.4 is 5.56 Å². The molecular weight excluding hydrogens is 354 g/mol. The fourth-order valence-electron chi connectivity index (χ4n) is 3.76. The fourth-order valence-corrected chi connectivity index (χ4v) is 3.76. The first-order valence-electron chi connectivity index (χ1n) is 9.54. The third kappa shape index (κ3) is 3.74. The van der Waals surface area contributed by atoms with Crippen LogP contribution in [0, 0.1) is 0 Å². The first-order chi connectivity index (χ1) is 13.6. The summed E-state index contributed by atoms with van der Waals surface area (Å²) in [5.41, 5.74) is 5.07. The highest BCUT2D eigenvalue weighted by atomic mass is 16.2. The Bertz CT molecular complexity index is 1020. The highest BCUT2D eigenvalue weighted by molar-refractivity contribution is 5.76. The number of nitrogens with one attached hydrogen (secondary N) is 1. The van der Waals surface area contributed by atoms with Crippen molar-refractivity contribution in [3.63, 3.8) is 0 Å². The summed E-state index contributed by atoms with van der Waals surface area (Å²) in [6, 6.07) is 13.3.